The van der Waals surface area contributed by atoms with E-state index in [4.69, 9.17) is 4.74 Å². The molecular weight excluding hydrogens is 544 g/mol. The first-order valence-corrected chi connectivity index (χ1v) is 17.0. The van der Waals surface area contributed by atoms with Crippen LogP contribution in [0.1, 0.15) is 130 Å². The summed E-state index contributed by atoms with van der Waals surface area (Å²) in [7, 11) is 5.81. The van der Waals surface area contributed by atoms with Gasteiger partial charge in [0.2, 0.25) is 0 Å². The largest absolute Gasteiger partial charge is 0.449 e. The van der Waals surface area contributed by atoms with Crippen molar-refractivity contribution < 1.29 is 23.9 Å². The number of carbonyl (C=O) groups excluding carboxylic acids is 4. The van der Waals surface area contributed by atoms with Crippen LogP contribution in [0.15, 0.2) is 0 Å². The van der Waals surface area contributed by atoms with Crippen molar-refractivity contribution in [3.05, 3.63) is 0 Å². The summed E-state index contributed by atoms with van der Waals surface area (Å²) in [5, 5.41) is 6.52. The average Bonchev–Trinajstić information content (AvgIpc) is 3.37. The molecule has 2 N–H and O–H groups in total. The van der Waals surface area contributed by atoms with E-state index < -0.39 is 11.1 Å². The molecule has 0 aromatic heterocycles. The molecular formula is C34H62N4O5. The number of piperidine rings is 1. The molecule has 2 rings (SSSR count). The number of carbonyl (C=O) groups is 4. The van der Waals surface area contributed by atoms with Gasteiger partial charge in [-0.15, -0.1) is 0 Å². The Labute approximate surface area is 261 Å². The Morgan fingerprint density at radius 1 is 0.744 bits per heavy atom. The fourth-order valence-corrected chi connectivity index (χ4v) is 7.39. The monoisotopic (exact) mass is 606 g/mol. The number of ether oxygens (including phenoxy) is 1. The van der Waals surface area contributed by atoms with Crippen LogP contribution in [0, 0.1) is 0 Å². The molecule has 2 saturated heterocycles. The number of rotatable bonds is 21. The lowest BCUT2D eigenvalue weighted by molar-refractivity contribution is -0.127. The Kier molecular flexibility index (Phi) is 15.8. The Balaban J connectivity index is 1.56. The van der Waals surface area contributed by atoms with Crippen molar-refractivity contribution in [1.29, 1.82) is 0 Å². The quantitative estimate of drug-likeness (QED) is 0.166. The van der Waals surface area contributed by atoms with Crippen molar-refractivity contribution in [1.82, 2.24) is 20.4 Å². The zero-order valence-electron chi connectivity index (χ0n) is 28.3. The molecule has 9 nitrogen and oxygen atoms in total. The van der Waals surface area contributed by atoms with Crippen molar-refractivity contribution in [2.75, 3.05) is 47.4 Å². The third-order valence-electron chi connectivity index (χ3n) is 10.8. The van der Waals surface area contributed by atoms with Gasteiger partial charge in [0.1, 0.15) is 17.3 Å². The molecule has 43 heavy (non-hydrogen) atoms. The molecule has 0 saturated carbocycles. The number of unbranched alkanes of at least 4 members (excludes halogenated alkanes) is 8. The second-order valence-corrected chi connectivity index (χ2v) is 13.3. The summed E-state index contributed by atoms with van der Waals surface area (Å²) in [4.78, 5) is 53.4. The Hall–Kier alpha value is -1.84. The van der Waals surface area contributed by atoms with Crippen LogP contribution < -0.4 is 10.6 Å². The number of likely N-dealkylation sites (N-methyl/N-ethyl adjacent to an activating group) is 3. The first kappa shape index (κ1) is 37.3. The van der Waals surface area contributed by atoms with Gasteiger partial charge in [-0.05, 0) is 99.8 Å². The van der Waals surface area contributed by atoms with Gasteiger partial charge < -0.3 is 20.3 Å². The van der Waals surface area contributed by atoms with Crippen molar-refractivity contribution in [3.8, 4) is 0 Å². The van der Waals surface area contributed by atoms with Gasteiger partial charge in [0.05, 0.1) is 23.2 Å². The molecule has 9 heteroatoms. The first-order valence-electron chi connectivity index (χ1n) is 17.0. The lowest BCUT2D eigenvalue weighted by atomic mass is 9.82. The summed E-state index contributed by atoms with van der Waals surface area (Å²) in [5.74, 6) is 0.662. The highest BCUT2D eigenvalue weighted by Gasteiger charge is 2.42. The summed E-state index contributed by atoms with van der Waals surface area (Å²) in [5.41, 5.74) is -1.20. The number of nitrogens with one attached hydrogen (secondary N) is 2. The minimum absolute atomic E-state index is 0.125. The molecule has 2 aliphatic rings. The number of amides is 1. The predicted octanol–water partition coefficient (Wildman–Crippen LogP) is 5.44. The number of likely N-dealkylation sites (tertiary alicyclic amines) is 2. The van der Waals surface area contributed by atoms with Crippen molar-refractivity contribution in [2.24, 2.45) is 0 Å². The minimum Gasteiger partial charge on any atom is -0.449 e. The molecule has 0 bridgehead atoms. The standard InChI is InChI=1S/C34H62N4O5/c1-28(39)32(35-4,19-14-10-11-15-20-34(30(3)41)21-17-24-37(34)6)18-13-9-7-8-12-16-27-43-31(42)38-25-22-33(36-5,23-26-38)29(2)40/h35-36H,7-27H2,1-6H3/t32?,34-/m0/s1. The van der Waals surface area contributed by atoms with Gasteiger partial charge in [-0.2, -0.15) is 0 Å². The fraction of sp³-hybridized carbons (Fsp3) is 0.882. The van der Waals surface area contributed by atoms with Gasteiger partial charge >= 0.3 is 6.09 Å². The number of hydrogen-bond acceptors (Lipinski definition) is 8. The van der Waals surface area contributed by atoms with Crippen LogP contribution in [0.3, 0.4) is 0 Å². The Morgan fingerprint density at radius 3 is 1.77 bits per heavy atom. The molecule has 0 aliphatic carbocycles. The molecule has 2 heterocycles. The van der Waals surface area contributed by atoms with Crippen LogP contribution in [-0.2, 0) is 19.1 Å². The lowest BCUT2D eigenvalue weighted by Crippen LogP contribution is -2.57. The number of nitrogens with zero attached hydrogens (tertiary/aromatic N) is 2. The van der Waals surface area contributed by atoms with Gasteiger partial charge in [0.15, 0.2) is 0 Å². The van der Waals surface area contributed by atoms with Gasteiger partial charge in [-0.1, -0.05) is 57.8 Å². The maximum atomic E-state index is 12.7. The van der Waals surface area contributed by atoms with Crippen molar-refractivity contribution in [2.45, 2.75) is 147 Å². The molecule has 248 valence electrons. The molecule has 1 amide bonds. The van der Waals surface area contributed by atoms with E-state index in [1.54, 1.807) is 25.7 Å². The van der Waals surface area contributed by atoms with Crippen LogP contribution in [-0.4, -0.2) is 97.2 Å². The maximum Gasteiger partial charge on any atom is 0.409 e. The fourth-order valence-electron chi connectivity index (χ4n) is 7.39. The third-order valence-corrected chi connectivity index (χ3v) is 10.8. The summed E-state index contributed by atoms with van der Waals surface area (Å²) in [6.45, 7) is 7.58. The van der Waals surface area contributed by atoms with E-state index in [-0.39, 0.29) is 23.2 Å². The third kappa shape index (κ3) is 10.4. The second-order valence-electron chi connectivity index (χ2n) is 13.3. The Bertz CT molecular complexity index is 903. The summed E-state index contributed by atoms with van der Waals surface area (Å²) in [6.07, 6.45) is 16.2. The van der Waals surface area contributed by atoms with Gasteiger partial charge in [-0.25, -0.2) is 4.79 Å². The van der Waals surface area contributed by atoms with Crippen molar-refractivity contribution in [3.63, 3.8) is 0 Å². The highest BCUT2D eigenvalue weighted by Crippen LogP contribution is 2.34. The van der Waals surface area contributed by atoms with E-state index in [0.29, 0.717) is 38.3 Å². The van der Waals surface area contributed by atoms with Crippen molar-refractivity contribution >= 4 is 23.4 Å². The normalized spacial score (nSPS) is 21.9. The second kappa shape index (κ2) is 18.2. The van der Waals surface area contributed by atoms with E-state index in [1.807, 2.05) is 14.1 Å². The number of hydrogen-bond donors (Lipinski definition) is 2. The molecule has 1 unspecified atom stereocenters. The number of ketones is 3. The average molecular weight is 607 g/mol. The minimum atomic E-state index is -0.512. The van der Waals surface area contributed by atoms with E-state index in [2.05, 4.69) is 22.6 Å². The number of Topliss-reactive ketones (excluding diaryl/α,β-unsaturated/α-hetero) is 3. The summed E-state index contributed by atoms with van der Waals surface area (Å²) < 4.78 is 5.48. The molecule has 0 radical (unpaired) electrons. The van der Waals surface area contributed by atoms with E-state index >= 15 is 0 Å². The molecule has 0 aromatic rings. The summed E-state index contributed by atoms with van der Waals surface area (Å²) in [6, 6.07) is 0. The SMILES string of the molecule is CNC(CCCCCCCCOC(=O)N1CCC(NC)(C(C)=O)CC1)(CCCCCC[C@@]1(C(C)=O)CCCN1C)C(C)=O. The Morgan fingerprint density at radius 2 is 1.30 bits per heavy atom. The maximum absolute atomic E-state index is 12.7. The smallest absolute Gasteiger partial charge is 0.409 e. The lowest BCUT2D eigenvalue weighted by Gasteiger charge is -2.39. The van der Waals surface area contributed by atoms with Crippen LogP contribution in [0.5, 0.6) is 0 Å². The van der Waals surface area contributed by atoms with Crippen LogP contribution >= 0.6 is 0 Å². The zero-order chi connectivity index (χ0) is 31.9. The van der Waals surface area contributed by atoms with Gasteiger partial charge in [0, 0.05) is 13.1 Å². The molecule has 0 spiro atoms. The first-order chi connectivity index (χ1) is 20.5. The van der Waals surface area contributed by atoms with E-state index in [9.17, 15) is 19.2 Å². The molecule has 2 atom stereocenters. The van der Waals surface area contributed by atoms with Crippen LogP contribution in [0.4, 0.5) is 4.79 Å². The predicted molar refractivity (Wildman–Crippen MR) is 172 cm³/mol. The van der Waals surface area contributed by atoms with E-state index in [1.165, 1.54) is 0 Å². The highest BCUT2D eigenvalue weighted by molar-refractivity contribution is 5.87. The molecule has 2 fully saturated rings. The van der Waals surface area contributed by atoms with E-state index in [0.717, 1.165) is 103 Å². The highest BCUT2D eigenvalue weighted by atomic mass is 16.6. The molecule has 0 aromatic carbocycles. The topological polar surface area (TPSA) is 108 Å². The summed E-state index contributed by atoms with van der Waals surface area (Å²) >= 11 is 0. The molecule has 2 aliphatic heterocycles. The van der Waals surface area contributed by atoms with Gasteiger partial charge in [-0.3, -0.25) is 19.3 Å². The van der Waals surface area contributed by atoms with Crippen LogP contribution in [0.25, 0.3) is 0 Å². The van der Waals surface area contributed by atoms with Gasteiger partial charge in [0.25, 0.3) is 0 Å². The van der Waals surface area contributed by atoms with Crippen LogP contribution in [0.2, 0.25) is 0 Å². The zero-order valence-corrected chi connectivity index (χ0v) is 28.3.